The van der Waals surface area contributed by atoms with E-state index in [1.165, 1.54) is 6.92 Å². The molecular formula is C12H18N4O4. The van der Waals surface area contributed by atoms with Gasteiger partial charge in [-0.05, 0) is 0 Å². The van der Waals surface area contributed by atoms with E-state index >= 15 is 0 Å². The van der Waals surface area contributed by atoms with Crippen LogP contribution in [0.2, 0.25) is 0 Å². The van der Waals surface area contributed by atoms with Gasteiger partial charge in [0.25, 0.3) is 0 Å². The minimum Gasteiger partial charge on any atom is -0.480 e. The Kier molecular flexibility index (Phi) is 5.70. The summed E-state index contributed by atoms with van der Waals surface area (Å²) < 4.78 is 1.69. The predicted octanol–water partition coefficient (Wildman–Crippen LogP) is -0.942. The summed E-state index contributed by atoms with van der Waals surface area (Å²) in [5, 5.41) is 14.0. The number of imidazole rings is 1. The number of carbonyl (C=O) groups excluding carboxylic acids is 2. The minimum absolute atomic E-state index is 0.0365. The first-order valence-corrected chi connectivity index (χ1v) is 6.12. The Bertz CT molecular complexity index is 497. The van der Waals surface area contributed by atoms with Crippen molar-refractivity contribution >= 4 is 17.8 Å². The number of hydrogen-bond donors (Lipinski definition) is 3. The maximum absolute atomic E-state index is 11.6. The second-order valence-electron chi connectivity index (χ2n) is 4.39. The molecule has 3 N–H and O–H groups in total. The van der Waals surface area contributed by atoms with Gasteiger partial charge in [0, 0.05) is 45.2 Å². The maximum Gasteiger partial charge on any atom is 0.326 e. The molecule has 1 heterocycles. The van der Waals surface area contributed by atoms with Crippen LogP contribution in [0.15, 0.2) is 12.5 Å². The molecule has 2 amide bonds. The molecule has 1 atom stereocenters. The molecular weight excluding hydrogens is 264 g/mol. The number of amides is 2. The Morgan fingerprint density at radius 1 is 1.45 bits per heavy atom. The van der Waals surface area contributed by atoms with E-state index in [1.54, 1.807) is 24.1 Å². The van der Waals surface area contributed by atoms with Crippen LogP contribution in [0, 0.1) is 0 Å². The summed E-state index contributed by atoms with van der Waals surface area (Å²) in [7, 11) is 1.75. The van der Waals surface area contributed by atoms with Crippen molar-refractivity contribution in [3.8, 4) is 0 Å². The van der Waals surface area contributed by atoms with E-state index in [4.69, 9.17) is 5.11 Å². The Labute approximate surface area is 116 Å². The lowest BCUT2D eigenvalue weighted by Crippen LogP contribution is -2.43. The Morgan fingerprint density at radius 3 is 2.65 bits per heavy atom. The lowest BCUT2D eigenvalue weighted by Gasteiger charge is -2.14. The highest BCUT2D eigenvalue weighted by Crippen LogP contribution is 2.02. The van der Waals surface area contributed by atoms with Crippen molar-refractivity contribution in [1.82, 2.24) is 20.2 Å². The zero-order chi connectivity index (χ0) is 15.1. The van der Waals surface area contributed by atoms with Gasteiger partial charge in [0.2, 0.25) is 11.8 Å². The molecule has 0 bridgehead atoms. The third kappa shape index (κ3) is 5.09. The van der Waals surface area contributed by atoms with Gasteiger partial charge in [0.15, 0.2) is 0 Å². The van der Waals surface area contributed by atoms with Crippen LogP contribution in [0.1, 0.15) is 19.0 Å². The van der Waals surface area contributed by atoms with E-state index < -0.39 is 17.9 Å². The fourth-order valence-corrected chi connectivity index (χ4v) is 1.61. The normalized spacial score (nSPS) is 11.7. The molecule has 0 unspecified atom stereocenters. The largest absolute Gasteiger partial charge is 0.480 e. The monoisotopic (exact) mass is 282 g/mol. The molecule has 1 aromatic heterocycles. The summed E-state index contributed by atoms with van der Waals surface area (Å²) in [5.41, 5.74) is 0.708. The van der Waals surface area contributed by atoms with E-state index in [1.807, 2.05) is 0 Å². The lowest BCUT2D eigenvalue weighted by atomic mass is 10.1. The highest BCUT2D eigenvalue weighted by atomic mass is 16.4. The minimum atomic E-state index is -1.11. The molecule has 0 aliphatic rings. The van der Waals surface area contributed by atoms with E-state index in [2.05, 4.69) is 15.6 Å². The quantitative estimate of drug-likeness (QED) is 0.597. The molecule has 0 aromatic carbocycles. The highest BCUT2D eigenvalue weighted by Gasteiger charge is 2.21. The van der Waals surface area contributed by atoms with Gasteiger partial charge in [-0.1, -0.05) is 0 Å². The molecule has 0 spiro atoms. The Balaban J connectivity index is 2.51. The van der Waals surface area contributed by atoms with E-state index in [0.717, 1.165) is 0 Å². The van der Waals surface area contributed by atoms with Crippen LogP contribution in [0.25, 0.3) is 0 Å². The standard InChI is InChI=1S/C12H18N4O4/c1-8(17)14-4-3-11(18)15-10(12(19)20)5-9-6-13-7-16(9)2/h6-7,10H,3-5H2,1-2H3,(H,14,17)(H,15,18)(H,19,20)/t10-/m0/s1. The van der Waals surface area contributed by atoms with Crippen molar-refractivity contribution in [3.63, 3.8) is 0 Å². The maximum atomic E-state index is 11.6. The summed E-state index contributed by atoms with van der Waals surface area (Å²) in [6, 6.07) is -1.02. The van der Waals surface area contributed by atoms with Gasteiger partial charge >= 0.3 is 5.97 Å². The van der Waals surface area contributed by atoms with Crippen LogP contribution in [0.4, 0.5) is 0 Å². The molecule has 1 aromatic rings. The first kappa shape index (κ1) is 15.7. The number of nitrogens with zero attached hydrogens (tertiary/aromatic N) is 2. The number of carbonyl (C=O) groups is 3. The van der Waals surface area contributed by atoms with Crippen molar-refractivity contribution in [1.29, 1.82) is 0 Å². The molecule has 0 radical (unpaired) electrons. The molecule has 0 aliphatic carbocycles. The van der Waals surface area contributed by atoms with Gasteiger partial charge in [0.1, 0.15) is 6.04 Å². The van der Waals surface area contributed by atoms with Crippen molar-refractivity contribution in [2.24, 2.45) is 7.05 Å². The molecule has 0 saturated heterocycles. The number of carboxylic acid groups (broad SMARTS) is 1. The number of nitrogens with one attached hydrogen (secondary N) is 2. The lowest BCUT2D eigenvalue weighted by molar-refractivity contribution is -0.141. The SMILES string of the molecule is CC(=O)NCCC(=O)N[C@@H](Cc1cncn1C)C(=O)O. The predicted molar refractivity (Wildman–Crippen MR) is 69.8 cm³/mol. The van der Waals surface area contributed by atoms with Crippen LogP contribution < -0.4 is 10.6 Å². The van der Waals surface area contributed by atoms with Gasteiger partial charge < -0.3 is 20.3 Å². The number of rotatable bonds is 7. The molecule has 0 saturated carbocycles. The third-order valence-corrected chi connectivity index (χ3v) is 2.69. The average Bonchev–Trinajstić information content (AvgIpc) is 2.73. The van der Waals surface area contributed by atoms with Crippen LogP contribution in [0.3, 0.4) is 0 Å². The van der Waals surface area contributed by atoms with Gasteiger partial charge in [-0.2, -0.15) is 0 Å². The molecule has 8 nitrogen and oxygen atoms in total. The zero-order valence-corrected chi connectivity index (χ0v) is 11.4. The molecule has 1 rings (SSSR count). The fourth-order valence-electron chi connectivity index (χ4n) is 1.61. The summed E-state index contributed by atoms with van der Waals surface area (Å²) in [5.74, 6) is -1.77. The number of aliphatic carboxylic acids is 1. The Morgan fingerprint density at radius 2 is 2.15 bits per heavy atom. The third-order valence-electron chi connectivity index (χ3n) is 2.69. The highest BCUT2D eigenvalue weighted by molar-refractivity contribution is 5.84. The average molecular weight is 282 g/mol. The fraction of sp³-hybridized carbons (Fsp3) is 0.500. The van der Waals surface area contributed by atoms with Gasteiger partial charge in [-0.3, -0.25) is 9.59 Å². The van der Waals surface area contributed by atoms with Crippen LogP contribution >= 0.6 is 0 Å². The summed E-state index contributed by atoms with van der Waals surface area (Å²) in [6.45, 7) is 1.53. The molecule has 20 heavy (non-hydrogen) atoms. The van der Waals surface area contributed by atoms with Crippen LogP contribution in [-0.4, -0.2) is 45.0 Å². The van der Waals surface area contributed by atoms with Gasteiger partial charge in [-0.25, -0.2) is 9.78 Å². The molecule has 8 heteroatoms. The van der Waals surface area contributed by atoms with Crippen LogP contribution in [0.5, 0.6) is 0 Å². The molecule has 0 aliphatic heterocycles. The Hall–Kier alpha value is -2.38. The molecule has 0 fully saturated rings. The smallest absolute Gasteiger partial charge is 0.326 e. The zero-order valence-electron chi connectivity index (χ0n) is 11.4. The first-order chi connectivity index (χ1) is 9.40. The van der Waals surface area contributed by atoms with Crippen molar-refractivity contribution < 1.29 is 19.5 Å². The second-order valence-corrected chi connectivity index (χ2v) is 4.39. The number of aryl methyl sites for hydroxylation is 1. The van der Waals surface area contributed by atoms with Crippen molar-refractivity contribution in [2.45, 2.75) is 25.8 Å². The van der Waals surface area contributed by atoms with Crippen molar-refractivity contribution in [2.75, 3.05) is 6.54 Å². The van der Waals surface area contributed by atoms with Gasteiger partial charge in [0.05, 0.1) is 6.33 Å². The van der Waals surface area contributed by atoms with E-state index in [9.17, 15) is 14.4 Å². The first-order valence-electron chi connectivity index (χ1n) is 6.12. The second kappa shape index (κ2) is 7.27. The number of aromatic nitrogens is 2. The van der Waals surface area contributed by atoms with E-state index in [0.29, 0.717) is 5.69 Å². The van der Waals surface area contributed by atoms with Gasteiger partial charge in [-0.15, -0.1) is 0 Å². The van der Waals surface area contributed by atoms with Crippen molar-refractivity contribution in [3.05, 3.63) is 18.2 Å². The van der Waals surface area contributed by atoms with E-state index in [-0.39, 0.29) is 25.3 Å². The summed E-state index contributed by atoms with van der Waals surface area (Å²) in [4.78, 5) is 37.3. The summed E-state index contributed by atoms with van der Waals surface area (Å²) in [6.07, 6.45) is 3.30. The number of hydrogen-bond acceptors (Lipinski definition) is 4. The number of carboxylic acids is 1. The topological polar surface area (TPSA) is 113 Å². The summed E-state index contributed by atoms with van der Waals surface area (Å²) >= 11 is 0. The van der Waals surface area contributed by atoms with Crippen LogP contribution in [-0.2, 0) is 27.9 Å². The molecule has 110 valence electrons.